The summed E-state index contributed by atoms with van der Waals surface area (Å²) in [5.41, 5.74) is 0. The van der Waals surface area contributed by atoms with Crippen LogP contribution in [0.5, 0.6) is 0 Å². The van der Waals surface area contributed by atoms with Crippen LogP contribution in [0.1, 0.15) is 12.7 Å². The van der Waals surface area contributed by atoms with Crippen molar-refractivity contribution in [1.29, 1.82) is 0 Å². The second kappa shape index (κ2) is 4.84. The van der Waals surface area contributed by atoms with Gasteiger partial charge in [0.1, 0.15) is 5.76 Å². The van der Waals surface area contributed by atoms with Gasteiger partial charge in [-0.1, -0.05) is 0 Å². The van der Waals surface area contributed by atoms with Crippen molar-refractivity contribution in [3.63, 3.8) is 0 Å². The molecule has 0 saturated heterocycles. The van der Waals surface area contributed by atoms with Crippen LogP contribution >= 0.6 is 15.9 Å². The lowest BCUT2D eigenvalue weighted by Gasteiger charge is -2.05. The molecule has 0 radical (unpaired) electrons. The third kappa shape index (κ3) is 2.54. The van der Waals surface area contributed by atoms with Crippen molar-refractivity contribution in [2.75, 3.05) is 7.05 Å². The molecule has 2 aromatic heterocycles. The molecule has 0 saturated carbocycles. The Labute approximate surface area is 102 Å². The molecule has 5 heteroatoms. The Kier molecular flexibility index (Phi) is 3.46. The van der Waals surface area contributed by atoms with Gasteiger partial charge in [-0.3, -0.25) is 0 Å². The third-order valence-electron chi connectivity index (χ3n) is 2.34. The van der Waals surface area contributed by atoms with E-state index in [-0.39, 0.29) is 0 Å². The number of halogens is 1. The van der Waals surface area contributed by atoms with Crippen LogP contribution in [-0.4, -0.2) is 18.1 Å². The minimum atomic E-state index is 0.365. The van der Waals surface area contributed by atoms with Gasteiger partial charge in [-0.2, -0.15) is 0 Å². The number of furan rings is 1. The number of hydrogen-bond donors (Lipinski definition) is 1. The van der Waals surface area contributed by atoms with Gasteiger partial charge in [0.05, 0.1) is 6.20 Å². The van der Waals surface area contributed by atoms with Crippen LogP contribution < -0.4 is 5.32 Å². The van der Waals surface area contributed by atoms with Crippen LogP contribution in [0, 0.1) is 0 Å². The summed E-state index contributed by atoms with van der Waals surface area (Å²) in [5.74, 6) is 2.00. The monoisotopic (exact) mass is 284 g/mol. The van der Waals surface area contributed by atoms with Crippen LogP contribution in [0.2, 0.25) is 0 Å². The Balaban J connectivity index is 2.13. The smallest absolute Gasteiger partial charge is 0.263 e. The molecule has 1 atom stereocenters. The lowest BCUT2D eigenvalue weighted by molar-refractivity contribution is 0.458. The number of hydrogen-bond acceptors (Lipinski definition) is 4. The summed E-state index contributed by atoms with van der Waals surface area (Å²) in [5, 5.41) is 3.15. The van der Waals surface area contributed by atoms with Gasteiger partial charge in [-0.15, -0.1) is 0 Å². The number of likely N-dealkylation sites (N-methyl/N-ethyl adjacent to an activating group) is 1. The summed E-state index contributed by atoms with van der Waals surface area (Å²) in [4.78, 5) is 4.18. The van der Waals surface area contributed by atoms with Gasteiger partial charge in [-0.25, -0.2) is 4.98 Å². The highest BCUT2D eigenvalue weighted by Crippen LogP contribution is 2.24. The Bertz CT molecular complexity index is 464. The minimum absolute atomic E-state index is 0.365. The highest BCUT2D eigenvalue weighted by molar-refractivity contribution is 9.10. The van der Waals surface area contributed by atoms with Crippen LogP contribution in [0.3, 0.4) is 0 Å². The quantitative estimate of drug-likeness (QED) is 0.938. The molecule has 2 rings (SSSR count). The molecule has 0 amide bonds. The molecule has 1 N–H and O–H groups in total. The van der Waals surface area contributed by atoms with Gasteiger partial charge in [0.25, 0.3) is 5.89 Å². The highest BCUT2D eigenvalue weighted by Gasteiger charge is 2.11. The topological polar surface area (TPSA) is 51.2 Å². The van der Waals surface area contributed by atoms with Crippen LogP contribution in [0.25, 0.3) is 11.7 Å². The second-order valence-electron chi connectivity index (χ2n) is 3.63. The van der Waals surface area contributed by atoms with E-state index >= 15 is 0 Å². The normalized spacial score (nSPS) is 12.9. The molecule has 1 unspecified atom stereocenters. The number of aromatic nitrogens is 1. The zero-order chi connectivity index (χ0) is 11.5. The van der Waals surface area contributed by atoms with Gasteiger partial charge in [-0.05, 0) is 42.0 Å². The molecule has 0 aliphatic carbocycles. The number of nitrogens with zero attached hydrogens (tertiary/aromatic N) is 1. The lowest BCUT2D eigenvalue weighted by Crippen LogP contribution is -2.23. The molecule has 86 valence electrons. The van der Waals surface area contributed by atoms with Crippen molar-refractivity contribution in [2.24, 2.45) is 0 Å². The van der Waals surface area contributed by atoms with Gasteiger partial charge in [0.2, 0.25) is 0 Å². The van der Waals surface area contributed by atoms with Crippen molar-refractivity contribution in [2.45, 2.75) is 19.4 Å². The molecule has 0 bridgehead atoms. The fourth-order valence-electron chi connectivity index (χ4n) is 1.35. The first-order valence-corrected chi connectivity index (χ1v) is 5.86. The maximum atomic E-state index is 5.59. The average Bonchev–Trinajstić information content (AvgIpc) is 2.87. The van der Waals surface area contributed by atoms with E-state index in [0.29, 0.717) is 22.4 Å². The van der Waals surface area contributed by atoms with Crippen molar-refractivity contribution in [3.8, 4) is 11.7 Å². The first kappa shape index (κ1) is 11.4. The van der Waals surface area contributed by atoms with Gasteiger partial charge >= 0.3 is 0 Å². The Hall–Kier alpha value is -1.07. The summed E-state index contributed by atoms with van der Waals surface area (Å²) >= 11 is 3.24. The van der Waals surface area contributed by atoms with Crippen LogP contribution in [0.4, 0.5) is 0 Å². The maximum Gasteiger partial charge on any atom is 0.263 e. The summed E-state index contributed by atoms with van der Waals surface area (Å²) in [7, 11) is 1.92. The molecule has 4 nitrogen and oxygen atoms in total. The van der Waals surface area contributed by atoms with Crippen LogP contribution in [0.15, 0.2) is 31.8 Å². The van der Waals surface area contributed by atoms with E-state index in [4.69, 9.17) is 8.83 Å². The molecular formula is C11H13BrN2O2. The van der Waals surface area contributed by atoms with E-state index in [0.717, 1.165) is 12.2 Å². The average molecular weight is 285 g/mol. The van der Waals surface area contributed by atoms with Crippen molar-refractivity contribution in [1.82, 2.24) is 10.3 Å². The second-order valence-corrected chi connectivity index (χ2v) is 4.41. The Morgan fingerprint density at radius 1 is 1.44 bits per heavy atom. The van der Waals surface area contributed by atoms with Crippen molar-refractivity contribution >= 4 is 15.9 Å². The van der Waals surface area contributed by atoms with Gasteiger partial charge in [0, 0.05) is 12.5 Å². The predicted molar refractivity (Wildman–Crippen MR) is 64.1 cm³/mol. The zero-order valence-corrected chi connectivity index (χ0v) is 10.7. The number of nitrogens with one attached hydrogen (secondary N) is 1. The van der Waals surface area contributed by atoms with E-state index in [2.05, 4.69) is 33.2 Å². The molecule has 2 heterocycles. The number of oxazole rings is 1. The van der Waals surface area contributed by atoms with E-state index < -0.39 is 0 Å². The van der Waals surface area contributed by atoms with Crippen molar-refractivity contribution in [3.05, 3.63) is 28.8 Å². The Morgan fingerprint density at radius 2 is 2.25 bits per heavy atom. The Morgan fingerprint density at radius 3 is 2.88 bits per heavy atom. The number of rotatable bonds is 4. The summed E-state index contributed by atoms with van der Waals surface area (Å²) in [6.07, 6.45) is 2.55. The molecule has 2 aromatic rings. The summed E-state index contributed by atoms with van der Waals surface area (Å²) in [6.45, 7) is 2.09. The molecule has 0 aliphatic heterocycles. The lowest BCUT2D eigenvalue weighted by atomic mass is 10.2. The molecule has 0 fully saturated rings. The SMILES string of the molecule is CNC(C)Cc1cnc(-c2ccc(Br)o2)o1. The van der Waals surface area contributed by atoms with Gasteiger partial charge < -0.3 is 14.2 Å². The summed E-state index contributed by atoms with van der Waals surface area (Å²) in [6, 6.07) is 4.00. The minimum Gasteiger partial charge on any atom is -0.444 e. The first-order chi connectivity index (χ1) is 7.69. The van der Waals surface area contributed by atoms with Gasteiger partial charge in [0.15, 0.2) is 10.4 Å². The highest BCUT2D eigenvalue weighted by atomic mass is 79.9. The fraction of sp³-hybridized carbons (Fsp3) is 0.364. The van der Waals surface area contributed by atoms with Crippen LogP contribution in [-0.2, 0) is 6.42 Å². The summed E-state index contributed by atoms with van der Waals surface area (Å²) < 4.78 is 11.6. The maximum absolute atomic E-state index is 5.59. The molecular weight excluding hydrogens is 272 g/mol. The van der Waals surface area contributed by atoms with Crippen molar-refractivity contribution < 1.29 is 8.83 Å². The molecule has 16 heavy (non-hydrogen) atoms. The molecule has 0 aliphatic rings. The third-order valence-corrected chi connectivity index (χ3v) is 2.76. The predicted octanol–water partition coefficient (Wildman–Crippen LogP) is 2.85. The van der Waals surface area contributed by atoms with E-state index in [1.54, 1.807) is 6.20 Å². The molecule has 0 spiro atoms. The first-order valence-electron chi connectivity index (χ1n) is 5.06. The largest absolute Gasteiger partial charge is 0.444 e. The fourth-order valence-corrected chi connectivity index (χ4v) is 1.66. The molecule has 0 aromatic carbocycles. The zero-order valence-electron chi connectivity index (χ0n) is 9.16. The standard InChI is InChI=1S/C11H13BrN2O2/c1-7(13-2)5-8-6-14-11(15-8)9-3-4-10(12)16-9/h3-4,6-7,13H,5H2,1-2H3. The van der Waals surface area contributed by atoms with E-state index in [1.165, 1.54) is 0 Å². The van der Waals surface area contributed by atoms with E-state index in [1.807, 2.05) is 19.2 Å². The van der Waals surface area contributed by atoms with E-state index in [9.17, 15) is 0 Å².